The quantitative estimate of drug-likeness (QED) is 0.896. The van der Waals surface area contributed by atoms with Crippen LogP contribution >= 0.6 is 11.8 Å². The molecule has 1 aliphatic heterocycles. The number of rotatable bonds is 4. The van der Waals surface area contributed by atoms with E-state index in [4.69, 9.17) is 0 Å². The third-order valence-electron chi connectivity index (χ3n) is 4.45. The zero-order valence-corrected chi connectivity index (χ0v) is 12.4. The maximum Gasteiger partial charge on any atom is 0.228 e. The van der Waals surface area contributed by atoms with Gasteiger partial charge < -0.3 is 10.4 Å². The van der Waals surface area contributed by atoms with Gasteiger partial charge in [-0.05, 0) is 30.4 Å². The van der Waals surface area contributed by atoms with E-state index in [-0.39, 0.29) is 17.9 Å². The third-order valence-corrected chi connectivity index (χ3v) is 5.63. The number of fused-ring (bicyclic) bond motifs is 1. The summed E-state index contributed by atoms with van der Waals surface area (Å²) < 4.78 is 0. The maximum absolute atomic E-state index is 12.3. The number of thioether (sulfide) groups is 1. The van der Waals surface area contributed by atoms with Gasteiger partial charge in [-0.1, -0.05) is 31.0 Å². The van der Waals surface area contributed by atoms with Crippen LogP contribution in [0.4, 0.5) is 0 Å². The molecule has 1 fully saturated rings. The molecule has 0 saturated heterocycles. The van der Waals surface area contributed by atoms with E-state index in [2.05, 4.69) is 11.4 Å². The van der Waals surface area contributed by atoms with Gasteiger partial charge in [0.1, 0.15) is 0 Å². The fraction of sp³-hybridized carbons (Fsp3) is 0.562. The zero-order chi connectivity index (χ0) is 13.9. The lowest BCUT2D eigenvalue weighted by atomic mass is 9.99. The topological polar surface area (TPSA) is 49.3 Å². The van der Waals surface area contributed by atoms with E-state index in [1.807, 2.05) is 18.2 Å². The van der Waals surface area contributed by atoms with Crippen LogP contribution in [-0.4, -0.2) is 29.4 Å². The van der Waals surface area contributed by atoms with Crippen LogP contribution in [0.5, 0.6) is 0 Å². The first kappa shape index (κ1) is 14.0. The van der Waals surface area contributed by atoms with Crippen LogP contribution in [0.25, 0.3) is 0 Å². The minimum atomic E-state index is -0.384. The van der Waals surface area contributed by atoms with E-state index < -0.39 is 0 Å². The minimum absolute atomic E-state index is 0.0551. The third kappa shape index (κ3) is 2.86. The molecule has 1 heterocycles. The van der Waals surface area contributed by atoms with Crippen molar-refractivity contribution in [2.24, 2.45) is 5.92 Å². The minimum Gasteiger partial charge on any atom is -0.391 e. The van der Waals surface area contributed by atoms with Gasteiger partial charge in [-0.2, -0.15) is 0 Å². The first-order valence-electron chi connectivity index (χ1n) is 7.43. The predicted molar refractivity (Wildman–Crippen MR) is 80.9 cm³/mol. The molecule has 108 valence electrons. The molecule has 1 aromatic carbocycles. The summed E-state index contributed by atoms with van der Waals surface area (Å²) in [6.45, 7) is 0.396. The van der Waals surface area contributed by atoms with E-state index in [9.17, 15) is 9.90 Å². The summed E-state index contributed by atoms with van der Waals surface area (Å²) in [7, 11) is 0. The summed E-state index contributed by atoms with van der Waals surface area (Å²) in [5, 5.41) is 13.1. The van der Waals surface area contributed by atoms with Crippen LogP contribution in [0.2, 0.25) is 0 Å². The Balaban J connectivity index is 1.55. The number of nitrogens with one attached hydrogen (secondary N) is 1. The number of hydrogen-bond donors (Lipinski definition) is 2. The van der Waals surface area contributed by atoms with Gasteiger partial charge in [0, 0.05) is 17.2 Å². The molecule has 3 nitrogen and oxygen atoms in total. The predicted octanol–water partition coefficient (Wildman–Crippen LogP) is 2.54. The number of hydrogen-bond acceptors (Lipinski definition) is 3. The summed E-state index contributed by atoms with van der Waals surface area (Å²) in [4.78, 5) is 13.5. The molecule has 3 rings (SSSR count). The first-order chi connectivity index (χ1) is 9.75. The van der Waals surface area contributed by atoms with Crippen LogP contribution in [0.1, 0.15) is 37.2 Å². The molecule has 0 aromatic heterocycles. The molecule has 2 aliphatic rings. The molecule has 0 bridgehead atoms. The number of aliphatic hydroxyl groups is 1. The second-order valence-electron chi connectivity index (χ2n) is 5.76. The molecular weight excluding hydrogens is 270 g/mol. The Labute approximate surface area is 124 Å². The normalized spacial score (nSPS) is 23.6. The smallest absolute Gasteiger partial charge is 0.228 e. The van der Waals surface area contributed by atoms with Gasteiger partial charge in [0.15, 0.2) is 0 Å². The van der Waals surface area contributed by atoms with Crippen molar-refractivity contribution in [3.8, 4) is 0 Å². The SMILES string of the molecule is O=C(NCC(O)C1CCCC1)C1CSc2ccccc21. The van der Waals surface area contributed by atoms with Crippen molar-refractivity contribution in [1.29, 1.82) is 0 Å². The van der Waals surface area contributed by atoms with Gasteiger partial charge in [0.25, 0.3) is 0 Å². The van der Waals surface area contributed by atoms with Crippen LogP contribution in [0.15, 0.2) is 29.2 Å². The van der Waals surface area contributed by atoms with Gasteiger partial charge in [-0.3, -0.25) is 4.79 Å². The molecule has 1 saturated carbocycles. The fourth-order valence-corrected chi connectivity index (χ4v) is 4.45. The van der Waals surface area contributed by atoms with Crippen molar-refractivity contribution in [2.75, 3.05) is 12.3 Å². The van der Waals surface area contributed by atoms with Crippen molar-refractivity contribution in [1.82, 2.24) is 5.32 Å². The van der Waals surface area contributed by atoms with Gasteiger partial charge in [0.05, 0.1) is 12.0 Å². The second-order valence-corrected chi connectivity index (χ2v) is 6.82. The molecule has 2 atom stereocenters. The average Bonchev–Trinajstić information content (AvgIpc) is 3.13. The molecule has 0 radical (unpaired) electrons. The Morgan fingerprint density at radius 3 is 2.90 bits per heavy atom. The molecule has 4 heteroatoms. The lowest BCUT2D eigenvalue weighted by Gasteiger charge is -2.19. The summed E-state index contributed by atoms with van der Waals surface area (Å²) in [5.74, 6) is 1.18. The molecule has 1 aromatic rings. The number of benzene rings is 1. The molecule has 0 spiro atoms. The van der Waals surface area contributed by atoms with Crippen molar-refractivity contribution in [3.05, 3.63) is 29.8 Å². The summed E-state index contributed by atoms with van der Waals surface area (Å²) in [6.07, 6.45) is 4.23. The molecular formula is C16H21NO2S. The van der Waals surface area contributed by atoms with Crippen LogP contribution < -0.4 is 5.32 Å². The lowest BCUT2D eigenvalue weighted by Crippen LogP contribution is -2.38. The lowest BCUT2D eigenvalue weighted by molar-refractivity contribution is -0.122. The van der Waals surface area contributed by atoms with Gasteiger partial charge in [-0.25, -0.2) is 0 Å². The zero-order valence-electron chi connectivity index (χ0n) is 11.5. The first-order valence-corrected chi connectivity index (χ1v) is 8.42. The Morgan fingerprint density at radius 2 is 2.10 bits per heavy atom. The summed E-state index contributed by atoms with van der Waals surface area (Å²) >= 11 is 1.74. The number of amides is 1. The van der Waals surface area contributed by atoms with Crippen molar-refractivity contribution in [2.45, 2.75) is 42.6 Å². The summed E-state index contributed by atoms with van der Waals surface area (Å²) in [6, 6.07) is 8.10. The van der Waals surface area contributed by atoms with Gasteiger partial charge in [0.2, 0.25) is 5.91 Å². The van der Waals surface area contributed by atoms with Gasteiger partial charge in [-0.15, -0.1) is 11.8 Å². The van der Waals surface area contributed by atoms with Gasteiger partial charge >= 0.3 is 0 Å². The van der Waals surface area contributed by atoms with Crippen molar-refractivity contribution in [3.63, 3.8) is 0 Å². The molecule has 20 heavy (non-hydrogen) atoms. The van der Waals surface area contributed by atoms with E-state index in [1.54, 1.807) is 11.8 Å². The van der Waals surface area contributed by atoms with E-state index in [0.717, 1.165) is 24.2 Å². The highest BCUT2D eigenvalue weighted by atomic mass is 32.2. The Hall–Kier alpha value is -1.00. The van der Waals surface area contributed by atoms with Crippen LogP contribution in [0, 0.1) is 5.92 Å². The van der Waals surface area contributed by atoms with Crippen LogP contribution in [-0.2, 0) is 4.79 Å². The Kier molecular flexibility index (Phi) is 4.32. The standard InChI is InChI=1S/C16H21NO2S/c18-14(11-5-1-2-6-11)9-17-16(19)13-10-20-15-8-4-3-7-12(13)15/h3-4,7-8,11,13-14,18H,1-2,5-6,9-10H2,(H,17,19). The number of aliphatic hydroxyl groups excluding tert-OH is 1. The second kappa shape index (κ2) is 6.19. The van der Waals surface area contributed by atoms with Crippen LogP contribution in [0.3, 0.4) is 0 Å². The highest BCUT2D eigenvalue weighted by Gasteiger charge is 2.30. The van der Waals surface area contributed by atoms with E-state index in [1.165, 1.54) is 17.7 Å². The summed E-state index contributed by atoms with van der Waals surface area (Å²) in [5.41, 5.74) is 1.13. The highest BCUT2D eigenvalue weighted by molar-refractivity contribution is 7.99. The molecule has 2 N–H and O–H groups in total. The average molecular weight is 291 g/mol. The molecule has 2 unspecified atom stereocenters. The highest BCUT2D eigenvalue weighted by Crippen LogP contribution is 2.39. The fourth-order valence-electron chi connectivity index (χ4n) is 3.22. The van der Waals surface area contributed by atoms with Crippen molar-refractivity contribution < 1.29 is 9.90 Å². The Morgan fingerprint density at radius 1 is 1.35 bits per heavy atom. The monoisotopic (exact) mass is 291 g/mol. The van der Waals surface area contributed by atoms with Crippen molar-refractivity contribution >= 4 is 17.7 Å². The largest absolute Gasteiger partial charge is 0.391 e. The number of carbonyl (C=O) groups excluding carboxylic acids is 1. The van der Waals surface area contributed by atoms with E-state index in [0.29, 0.717) is 12.5 Å². The maximum atomic E-state index is 12.3. The van der Waals surface area contributed by atoms with E-state index >= 15 is 0 Å². The Bertz CT molecular complexity index is 485. The number of carbonyl (C=O) groups is 1. The molecule has 1 amide bonds. The molecule has 1 aliphatic carbocycles.